The van der Waals surface area contributed by atoms with Gasteiger partial charge in [-0.1, -0.05) is 12.8 Å². The van der Waals surface area contributed by atoms with Crippen molar-refractivity contribution < 1.29 is 9.05 Å². The second kappa shape index (κ2) is 6.30. The van der Waals surface area contributed by atoms with Crippen molar-refractivity contribution in [1.29, 1.82) is 0 Å². The molecule has 2 rings (SSSR count). The van der Waals surface area contributed by atoms with Crippen molar-refractivity contribution in [2.75, 3.05) is 19.9 Å². The monoisotopic (exact) mass is 245 g/mol. The summed E-state index contributed by atoms with van der Waals surface area (Å²) in [6.45, 7) is 0.873. The molecule has 16 heavy (non-hydrogen) atoms. The van der Waals surface area contributed by atoms with Gasteiger partial charge in [-0.15, -0.1) is 0 Å². The van der Waals surface area contributed by atoms with Gasteiger partial charge in [0.1, 0.15) is 0 Å². The van der Waals surface area contributed by atoms with E-state index >= 15 is 0 Å². The van der Waals surface area contributed by atoms with E-state index in [1.54, 1.807) is 7.11 Å². The maximum Gasteiger partial charge on any atom is 0.170 e. The van der Waals surface area contributed by atoms with Crippen LogP contribution in [-0.4, -0.2) is 25.9 Å². The first-order chi connectivity index (χ1) is 7.81. The molecular formula is C12H24NO2P. The normalized spacial score (nSPS) is 41.6. The summed E-state index contributed by atoms with van der Waals surface area (Å²) in [5.41, 5.74) is 6.25. The topological polar surface area (TPSA) is 44.5 Å². The molecule has 0 spiro atoms. The zero-order valence-electron chi connectivity index (χ0n) is 10.2. The molecule has 1 saturated carbocycles. The van der Waals surface area contributed by atoms with E-state index in [9.17, 15) is 0 Å². The minimum atomic E-state index is -0.599. The molecule has 0 bridgehead atoms. The second-order valence-electron chi connectivity index (χ2n) is 5.05. The van der Waals surface area contributed by atoms with Crippen LogP contribution in [0.4, 0.5) is 0 Å². The molecule has 0 aromatic carbocycles. The lowest BCUT2D eigenvalue weighted by molar-refractivity contribution is 0.143. The van der Waals surface area contributed by atoms with Gasteiger partial charge in [-0.3, -0.25) is 0 Å². The molecule has 3 nitrogen and oxygen atoms in total. The van der Waals surface area contributed by atoms with Gasteiger partial charge in [0.2, 0.25) is 0 Å². The van der Waals surface area contributed by atoms with Crippen LogP contribution in [0.2, 0.25) is 0 Å². The molecule has 1 saturated heterocycles. The second-order valence-corrected chi connectivity index (χ2v) is 6.79. The third-order valence-electron chi connectivity index (χ3n) is 4.03. The van der Waals surface area contributed by atoms with Crippen molar-refractivity contribution in [2.24, 2.45) is 17.6 Å². The van der Waals surface area contributed by atoms with E-state index in [1.807, 2.05) is 0 Å². The number of hydrogen-bond donors (Lipinski definition) is 1. The molecule has 1 heterocycles. The van der Waals surface area contributed by atoms with E-state index in [-0.39, 0.29) is 0 Å². The number of nitrogens with two attached hydrogens (primary N) is 1. The molecule has 2 aliphatic rings. The van der Waals surface area contributed by atoms with Crippen molar-refractivity contribution in [2.45, 2.75) is 44.6 Å². The first-order valence-electron chi connectivity index (χ1n) is 6.51. The molecule has 4 heteroatoms. The van der Waals surface area contributed by atoms with E-state index in [4.69, 9.17) is 14.8 Å². The van der Waals surface area contributed by atoms with Gasteiger partial charge in [-0.25, -0.2) is 0 Å². The molecule has 2 fully saturated rings. The Bertz CT molecular complexity index is 215. The SMILES string of the molecule is COP1CCC[C@@H]([C@@H]2CCCC[C@@H]2N)CO1. The highest BCUT2D eigenvalue weighted by Crippen LogP contribution is 2.44. The van der Waals surface area contributed by atoms with Crippen LogP contribution in [-0.2, 0) is 9.05 Å². The maximum absolute atomic E-state index is 6.25. The maximum atomic E-state index is 6.25. The first-order valence-corrected chi connectivity index (χ1v) is 7.87. The van der Waals surface area contributed by atoms with Crippen LogP contribution in [0.5, 0.6) is 0 Å². The van der Waals surface area contributed by atoms with E-state index in [2.05, 4.69) is 0 Å². The van der Waals surface area contributed by atoms with E-state index in [0.29, 0.717) is 17.9 Å². The Hall–Kier alpha value is 0.310. The predicted octanol–water partition coefficient (Wildman–Crippen LogP) is 2.89. The quantitative estimate of drug-likeness (QED) is 0.761. The highest BCUT2D eigenvalue weighted by molar-refractivity contribution is 7.47. The summed E-state index contributed by atoms with van der Waals surface area (Å²) < 4.78 is 11.2. The fourth-order valence-electron chi connectivity index (χ4n) is 3.06. The van der Waals surface area contributed by atoms with Crippen molar-refractivity contribution in [1.82, 2.24) is 0 Å². The average molecular weight is 245 g/mol. The van der Waals surface area contributed by atoms with Gasteiger partial charge in [0.15, 0.2) is 8.38 Å². The Morgan fingerprint density at radius 2 is 2.00 bits per heavy atom. The lowest BCUT2D eigenvalue weighted by Gasteiger charge is -2.34. The van der Waals surface area contributed by atoms with Gasteiger partial charge in [0, 0.05) is 19.3 Å². The van der Waals surface area contributed by atoms with Crippen LogP contribution in [0.1, 0.15) is 38.5 Å². The summed E-state index contributed by atoms with van der Waals surface area (Å²) in [6.07, 6.45) is 8.81. The predicted molar refractivity (Wildman–Crippen MR) is 67.4 cm³/mol. The molecule has 1 unspecified atom stereocenters. The van der Waals surface area contributed by atoms with Gasteiger partial charge in [0.05, 0.1) is 6.61 Å². The Kier molecular flexibility index (Phi) is 5.02. The van der Waals surface area contributed by atoms with Crippen LogP contribution in [0, 0.1) is 11.8 Å². The summed E-state index contributed by atoms with van der Waals surface area (Å²) in [7, 11) is 1.16. The molecule has 1 aliphatic heterocycles. The molecule has 0 aromatic rings. The zero-order valence-corrected chi connectivity index (χ0v) is 11.1. The molecule has 0 aromatic heterocycles. The molecule has 2 N–H and O–H groups in total. The van der Waals surface area contributed by atoms with Crippen LogP contribution in [0.25, 0.3) is 0 Å². The fourth-order valence-corrected chi connectivity index (χ4v) is 4.28. The lowest BCUT2D eigenvalue weighted by Crippen LogP contribution is -2.38. The Morgan fingerprint density at radius 1 is 1.19 bits per heavy atom. The molecular weight excluding hydrogens is 221 g/mol. The number of rotatable bonds is 2. The smallest absolute Gasteiger partial charge is 0.170 e. The van der Waals surface area contributed by atoms with Gasteiger partial charge in [-0.2, -0.15) is 0 Å². The van der Waals surface area contributed by atoms with Gasteiger partial charge < -0.3 is 14.8 Å². The summed E-state index contributed by atoms with van der Waals surface area (Å²) in [5.74, 6) is 1.37. The van der Waals surface area contributed by atoms with Crippen molar-refractivity contribution >= 4 is 8.38 Å². The van der Waals surface area contributed by atoms with Gasteiger partial charge >= 0.3 is 0 Å². The fraction of sp³-hybridized carbons (Fsp3) is 1.00. The van der Waals surface area contributed by atoms with E-state index in [0.717, 1.165) is 12.8 Å². The molecule has 94 valence electrons. The molecule has 0 radical (unpaired) electrons. The summed E-state index contributed by atoms with van der Waals surface area (Å²) in [5, 5.41) is 0. The third kappa shape index (κ3) is 3.16. The third-order valence-corrected chi connectivity index (χ3v) is 5.56. The molecule has 0 amide bonds. The van der Waals surface area contributed by atoms with E-state index < -0.39 is 8.38 Å². The summed E-state index contributed by atoms with van der Waals surface area (Å²) in [6, 6.07) is 0.411. The van der Waals surface area contributed by atoms with Gasteiger partial charge in [-0.05, 0) is 37.5 Å². The van der Waals surface area contributed by atoms with Gasteiger partial charge in [0.25, 0.3) is 0 Å². The lowest BCUT2D eigenvalue weighted by atomic mass is 9.75. The number of hydrogen-bond acceptors (Lipinski definition) is 3. The van der Waals surface area contributed by atoms with Crippen LogP contribution in [0.15, 0.2) is 0 Å². The Labute approximate surface area is 100.0 Å². The van der Waals surface area contributed by atoms with Crippen molar-refractivity contribution in [3.05, 3.63) is 0 Å². The highest BCUT2D eigenvalue weighted by atomic mass is 31.2. The Morgan fingerprint density at radius 3 is 2.75 bits per heavy atom. The summed E-state index contributed by atoms with van der Waals surface area (Å²) in [4.78, 5) is 0. The largest absolute Gasteiger partial charge is 0.337 e. The molecule has 4 atom stereocenters. The Balaban J connectivity index is 1.88. The van der Waals surface area contributed by atoms with Crippen LogP contribution < -0.4 is 5.73 Å². The first kappa shape index (κ1) is 12.8. The van der Waals surface area contributed by atoms with Crippen LogP contribution >= 0.6 is 8.38 Å². The van der Waals surface area contributed by atoms with Crippen LogP contribution in [0.3, 0.4) is 0 Å². The summed E-state index contributed by atoms with van der Waals surface area (Å²) >= 11 is 0. The zero-order chi connectivity index (χ0) is 11.4. The average Bonchev–Trinajstić information content (AvgIpc) is 2.55. The standard InChI is InChI=1S/C12H24NO2P/c1-14-16-8-4-5-10(9-15-16)11-6-2-3-7-12(11)13/h10-12H,2-9,13H2,1H3/t10-,11+,12+,16?/m1/s1. The van der Waals surface area contributed by atoms with Crippen molar-refractivity contribution in [3.8, 4) is 0 Å². The van der Waals surface area contributed by atoms with E-state index in [1.165, 1.54) is 38.5 Å². The minimum absolute atomic E-state index is 0.411. The van der Waals surface area contributed by atoms with Crippen molar-refractivity contribution in [3.63, 3.8) is 0 Å². The highest BCUT2D eigenvalue weighted by Gasteiger charge is 2.31. The molecule has 1 aliphatic carbocycles. The minimum Gasteiger partial charge on any atom is -0.337 e.